The third-order valence-electron chi connectivity index (χ3n) is 6.65. The minimum atomic E-state index is 0.734. The zero-order chi connectivity index (χ0) is 22.2. The first-order chi connectivity index (χ1) is 16.8. The van der Waals surface area contributed by atoms with E-state index in [1.807, 2.05) is 41.7 Å². The SMILES string of the molecule is c1ccc2c(c1)Oc1ccc3c4ccccc4n(-c4ccc5sc6ccccc6c5c4)c3c1O2. The van der Waals surface area contributed by atoms with Gasteiger partial charge in [-0.3, -0.25) is 0 Å². The van der Waals surface area contributed by atoms with Gasteiger partial charge in [0, 0.05) is 36.6 Å². The van der Waals surface area contributed by atoms with E-state index in [0.717, 1.165) is 45.1 Å². The monoisotopic (exact) mass is 455 g/mol. The van der Waals surface area contributed by atoms with E-state index < -0.39 is 0 Å². The number of fused-ring (bicyclic) bond motifs is 9. The molecule has 0 unspecified atom stereocenters. The maximum absolute atomic E-state index is 6.48. The zero-order valence-electron chi connectivity index (χ0n) is 18.0. The highest BCUT2D eigenvalue weighted by molar-refractivity contribution is 7.25. The molecule has 0 N–H and O–H groups in total. The molecule has 0 saturated carbocycles. The van der Waals surface area contributed by atoms with Gasteiger partial charge in [-0.2, -0.15) is 0 Å². The van der Waals surface area contributed by atoms with E-state index in [2.05, 4.69) is 77.4 Å². The van der Waals surface area contributed by atoms with Crippen LogP contribution in [0.4, 0.5) is 0 Å². The lowest BCUT2D eigenvalue weighted by Gasteiger charge is -2.22. The number of benzene rings is 5. The van der Waals surface area contributed by atoms with Gasteiger partial charge in [0.15, 0.2) is 23.0 Å². The molecular weight excluding hydrogens is 438 g/mol. The van der Waals surface area contributed by atoms with Crippen molar-refractivity contribution in [3.8, 4) is 28.7 Å². The van der Waals surface area contributed by atoms with Crippen molar-refractivity contribution in [2.75, 3.05) is 0 Å². The number of para-hydroxylation sites is 3. The van der Waals surface area contributed by atoms with Crippen LogP contribution < -0.4 is 9.47 Å². The molecule has 1 aliphatic rings. The fourth-order valence-corrected chi connectivity index (χ4v) is 6.24. The molecule has 3 nitrogen and oxygen atoms in total. The van der Waals surface area contributed by atoms with Crippen molar-refractivity contribution in [3.05, 3.63) is 103 Å². The lowest BCUT2D eigenvalue weighted by atomic mass is 10.1. The summed E-state index contributed by atoms with van der Waals surface area (Å²) in [6.07, 6.45) is 0. The number of aromatic nitrogens is 1. The largest absolute Gasteiger partial charge is 0.449 e. The lowest BCUT2D eigenvalue weighted by molar-refractivity contribution is 0.362. The second kappa shape index (κ2) is 6.62. The predicted molar refractivity (Wildman–Crippen MR) is 140 cm³/mol. The molecule has 0 saturated heterocycles. The smallest absolute Gasteiger partial charge is 0.194 e. The second-order valence-corrected chi connectivity index (χ2v) is 9.65. The van der Waals surface area contributed by atoms with Crippen molar-refractivity contribution >= 4 is 53.3 Å². The van der Waals surface area contributed by atoms with E-state index in [1.165, 1.54) is 25.6 Å². The van der Waals surface area contributed by atoms with E-state index in [4.69, 9.17) is 9.47 Å². The van der Waals surface area contributed by atoms with Crippen LogP contribution in [-0.4, -0.2) is 4.57 Å². The van der Waals surface area contributed by atoms with Crippen LogP contribution >= 0.6 is 11.3 Å². The second-order valence-electron chi connectivity index (χ2n) is 8.57. The molecule has 0 bridgehead atoms. The van der Waals surface area contributed by atoms with Crippen LogP contribution in [0.5, 0.6) is 23.0 Å². The maximum Gasteiger partial charge on any atom is 0.194 e. The summed E-state index contributed by atoms with van der Waals surface area (Å²) in [6.45, 7) is 0. The van der Waals surface area contributed by atoms with Crippen LogP contribution in [0.1, 0.15) is 0 Å². The highest BCUT2D eigenvalue weighted by Crippen LogP contribution is 2.50. The Kier molecular flexibility index (Phi) is 3.54. The first kappa shape index (κ1) is 18.2. The van der Waals surface area contributed by atoms with Crippen molar-refractivity contribution in [2.24, 2.45) is 0 Å². The Labute approximate surface area is 199 Å². The van der Waals surface area contributed by atoms with Gasteiger partial charge in [0.2, 0.25) is 0 Å². The summed E-state index contributed by atoms with van der Waals surface area (Å²) < 4.78 is 17.6. The average Bonchev–Trinajstić information content (AvgIpc) is 3.43. The Morgan fingerprint density at radius 2 is 1.26 bits per heavy atom. The Hall–Kier alpha value is -4.28. The molecule has 0 aliphatic carbocycles. The number of nitrogens with zero attached hydrogens (tertiary/aromatic N) is 1. The van der Waals surface area contributed by atoms with Crippen LogP contribution in [0, 0.1) is 0 Å². The summed E-state index contributed by atoms with van der Waals surface area (Å²) in [4.78, 5) is 0. The minimum absolute atomic E-state index is 0.734. The van der Waals surface area contributed by atoms with Gasteiger partial charge in [-0.1, -0.05) is 48.5 Å². The van der Waals surface area contributed by atoms with E-state index >= 15 is 0 Å². The van der Waals surface area contributed by atoms with Crippen molar-refractivity contribution in [2.45, 2.75) is 0 Å². The van der Waals surface area contributed by atoms with Crippen molar-refractivity contribution in [1.29, 1.82) is 0 Å². The molecule has 0 fully saturated rings. The quantitative estimate of drug-likeness (QED) is 0.246. The van der Waals surface area contributed by atoms with E-state index in [-0.39, 0.29) is 0 Å². The number of rotatable bonds is 1. The topological polar surface area (TPSA) is 23.4 Å². The van der Waals surface area contributed by atoms with Crippen molar-refractivity contribution in [3.63, 3.8) is 0 Å². The molecule has 0 radical (unpaired) electrons. The highest BCUT2D eigenvalue weighted by Gasteiger charge is 2.25. The Bertz CT molecular complexity index is 1930. The first-order valence-electron chi connectivity index (χ1n) is 11.3. The summed E-state index contributed by atoms with van der Waals surface area (Å²) in [7, 11) is 0. The van der Waals surface area contributed by atoms with E-state index in [1.54, 1.807) is 0 Å². The standard InChI is InChI=1S/C30H17NO2S/c1-3-9-23-19(7-1)21-14-15-26-30(33-25-11-5-4-10-24(25)32-26)29(21)31(23)18-13-16-28-22(17-18)20-8-2-6-12-27(20)34-28/h1-17H. The van der Waals surface area contributed by atoms with Crippen LogP contribution in [0.25, 0.3) is 47.7 Å². The van der Waals surface area contributed by atoms with Gasteiger partial charge < -0.3 is 14.0 Å². The fourth-order valence-electron chi connectivity index (χ4n) is 5.16. The first-order valence-corrected chi connectivity index (χ1v) is 12.1. The molecule has 1 aliphatic heterocycles. The maximum atomic E-state index is 6.48. The Morgan fingerprint density at radius 3 is 2.18 bits per heavy atom. The molecule has 7 aromatic rings. The van der Waals surface area contributed by atoms with Gasteiger partial charge in [-0.25, -0.2) is 0 Å². The van der Waals surface area contributed by atoms with Crippen LogP contribution in [0.15, 0.2) is 103 Å². The van der Waals surface area contributed by atoms with E-state index in [9.17, 15) is 0 Å². The molecule has 34 heavy (non-hydrogen) atoms. The third-order valence-corrected chi connectivity index (χ3v) is 7.81. The molecule has 0 atom stereocenters. The summed E-state index contributed by atoms with van der Waals surface area (Å²) >= 11 is 1.84. The molecule has 3 heterocycles. The van der Waals surface area contributed by atoms with Crippen molar-refractivity contribution in [1.82, 2.24) is 4.57 Å². The number of thiophene rings is 1. The Morgan fingerprint density at radius 1 is 0.529 bits per heavy atom. The van der Waals surface area contributed by atoms with E-state index in [0.29, 0.717) is 0 Å². The zero-order valence-corrected chi connectivity index (χ0v) is 18.8. The summed E-state index contributed by atoms with van der Waals surface area (Å²) in [5.74, 6) is 2.96. The van der Waals surface area contributed by atoms with Crippen LogP contribution in [-0.2, 0) is 0 Å². The van der Waals surface area contributed by atoms with Gasteiger partial charge >= 0.3 is 0 Å². The molecule has 5 aromatic carbocycles. The average molecular weight is 456 g/mol. The van der Waals surface area contributed by atoms with Gasteiger partial charge in [-0.15, -0.1) is 11.3 Å². The number of hydrogen-bond donors (Lipinski definition) is 0. The molecule has 4 heteroatoms. The number of ether oxygens (including phenoxy) is 2. The summed E-state index contributed by atoms with van der Waals surface area (Å²) in [6, 6.07) is 35.9. The minimum Gasteiger partial charge on any atom is -0.449 e. The molecular formula is C30H17NO2S. The van der Waals surface area contributed by atoms with Gasteiger partial charge in [0.25, 0.3) is 0 Å². The molecule has 2 aromatic heterocycles. The van der Waals surface area contributed by atoms with Gasteiger partial charge in [0.1, 0.15) is 5.52 Å². The van der Waals surface area contributed by atoms with Crippen LogP contribution in [0.3, 0.4) is 0 Å². The molecule has 0 spiro atoms. The third kappa shape index (κ3) is 2.40. The fraction of sp³-hybridized carbons (Fsp3) is 0. The number of hydrogen-bond acceptors (Lipinski definition) is 3. The molecule has 0 amide bonds. The van der Waals surface area contributed by atoms with Gasteiger partial charge in [0.05, 0.1) is 5.52 Å². The summed E-state index contributed by atoms with van der Waals surface area (Å²) in [5.41, 5.74) is 3.28. The normalized spacial score (nSPS) is 12.6. The van der Waals surface area contributed by atoms with Crippen molar-refractivity contribution < 1.29 is 9.47 Å². The molecule has 8 rings (SSSR count). The Balaban J connectivity index is 1.48. The van der Waals surface area contributed by atoms with Crippen LogP contribution in [0.2, 0.25) is 0 Å². The predicted octanol–water partition coefficient (Wildman–Crippen LogP) is 9.05. The molecule has 160 valence electrons. The van der Waals surface area contributed by atoms with Gasteiger partial charge in [-0.05, 0) is 54.6 Å². The highest BCUT2D eigenvalue weighted by atomic mass is 32.1. The summed E-state index contributed by atoms with van der Waals surface area (Å²) in [5, 5.41) is 4.91. The lowest BCUT2D eigenvalue weighted by Crippen LogP contribution is -2.02.